The van der Waals surface area contributed by atoms with Gasteiger partial charge in [0.05, 0.1) is 5.75 Å². The van der Waals surface area contributed by atoms with Gasteiger partial charge in [-0.25, -0.2) is 13.4 Å². The number of nitrogens with zero attached hydrogens (tertiary/aromatic N) is 3. The Labute approximate surface area is 83.0 Å². The molecule has 0 saturated carbocycles. The molecule has 0 aromatic carbocycles. The molecule has 1 aromatic heterocycles. The van der Waals surface area contributed by atoms with Gasteiger partial charge in [0.25, 0.3) is 0 Å². The van der Waals surface area contributed by atoms with Crippen LogP contribution in [0, 0.1) is 0 Å². The minimum Gasteiger partial charge on any atom is -0.330 e. The van der Waals surface area contributed by atoms with E-state index in [1.165, 1.54) is 11.0 Å². The number of hydrogen-bond acceptors (Lipinski definition) is 5. The van der Waals surface area contributed by atoms with Crippen molar-refractivity contribution in [2.24, 2.45) is 12.8 Å². The van der Waals surface area contributed by atoms with Crippen LogP contribution in [0.15, 0.2) is 6.33 Å². The molecule has 0 aliphatic carbocycles. The lowest BCUT2D eigenvalue weighted by molar-refractivity contribution is 0.588. The monoisotopic (exact) mass is 218 g/mol. The van der Waals surface area contributed by atoms with E-state index in [4.69, 9.17) is 5.73 Å². The summed E-state index contributed by atoms with van der Waals surface area (Å²) < 4.78 is 24.4. The number of nitrogens with two attached hydrogens (primary N) is 1. The van der Waals surface area contributed by atoms with Crippen LogP contribution in [-0.4, -0.2) is 35.5 Å². The molecule has 2 N–H and O–H groups in total. The average Bonchev–Trinajstić information content (AvgIpc) is 2.48. The zero-order valence-electron chi connectivity index (χ0n) is 8.05. The van der Waals surface area contributed by atoms with Crippen LogP contribution in [0.3, 0.4) is 0 Å². The summed E-state index contributed by atoms with van der Waals surface area (Å²) in [5.74, 6) is 0.502. The van der Waals surface area contributed by atoms with Crippen LogP contribution in [0.4, 0.5) is 0 Å². The van der Waals surface area contributed by atoms with Crippen LogP contribution in [-0.2, 0) is 22.6 Å². The fourth-order valence-corrected chi connectivity index (χ4v) is 2.43. The van der Waals surface area contributed by atoms with Gasteiger partial charge in [-0.2, -0.15) is 5.10 Å². The van der Waals surface area contributed by atoms with Gasteiger partial charge in [0.15, 0.2) is 9.84 Å². The van der Waals surface area contributed by atoms with Crippen molar-refractivity contribution in [1.82, 2.24) is 14.8 Å². The first-order valence-corrected chi connectivity index (χ1v) is 6.10. The first-order chi connectivity index (χ1) is 6.55. The summed E-state index contributed by atoms with van der Waals surface area (Å²) in [4.78, 5) is 3.85. The molecule has 80 valence electrons. The average molecular weight is 218 g/mol. The topological polar surface area (TPSA) is 90.9 Å². The van der Waals surface area contributed by atoms with Crippen molar-refractivity contribution in [3.63, 3.8) is 0 Å². The van der Waals surface area contributed by atoms with Crippen molar-refractivity contribution in [1.29, 1.82) is 0 Å². The third kappa shape index (κ3) is 3.08. The molecular weight excluding hydrogens is 204 g/mol. The van der Waals surface area contributed by atoms with Gasteiger partial charge in [0, 0.05) is 7.05 Å². The zero-order valence-corrected chi connectivity index (χ0v) is 8.87. The van der Waals surface area contributed by atoms with Gasteiger partial charge >= 0.3 is 0 Å². The molecule has 0 saturated heterocycles. The highest BCUT2D eigenvalue weighted by atomic mass is 32.2. The lowest BCUT2D eigenvalue weighted by Crippen LogP contribution is -2.15. The second-order valence-electron chi connectivity index (χ2n) is 3.03. The second-order valence-corrected chi connectivity index (χ2v) is 5.22. The van der Waals surface area contributed by atoms with Crippen LogP contribution >= 0.6 is 0 Å². The third-order valence-electron chi connectivity index (χ3n) is 1.81. The maximum atomic E-state index is 11.5. The Morgan fingerprint density at radius 2 is 2.29 bits per heavy atom. The van der Waals surface area contributed by atoms with Gasteiger partial charge in [-0.1, -0.05) is 0 Å². The first-order valence-electron chi connectivity index (χ1n) is 4.28. The van der Waals surface area contributed by atoms with Gasteiger partial charge in [0.2, 0.25) is 0 Å². The van der Waals surface area contributed by atoms with Crippen LogP contribution < -0.4 is 5.73 Å². The maximum absolute atomic E-state index is 11.5. The normalized spacial score (nSPS) is 11.9. The van der Waals surface area contributed by atoms with Crippen LogP contribution in [0.1, 0.15) is 12.2 Å². The molecule has 0 amide bonds. The number of aryl methyl sites for hydroxylation is 1. The van der Waals surface area contributed by atoms with Crippen LogP contribution in [0.5, 0.6) is 0 Å². The standard InChI is InChI=1S/C7H14N4O2S/c1-11-7(9-6-10-11)5-14(12,13)4-2-3-8/h6H,2-5,8H2,1H3. The van der Waals surface area contributed by atoms with Crippen molar-refractivity contribution in [3.8, 4) is 0 Å². The summed E-state index contributed by atoms with van der Waals surface area (Å²) in [5.41, 5.74) is 5.24. The molecule has 1 heterocycles. The Bertz CT molecular complexity index is 384. The van der Waals surface area contributed by atoms with Crippen molar-refractivity contribution in [2.45, 2.75) is 12.2 Å². The number of hydrogen-bond donors (Lipinski definition) is 1. The number of aromatic nitrogens is 3. The van der Waals surface area contributed by atoms with E-state index < -0.39 is 9.84 Å². The minimum absolute atomic E-state index is 0.0660. The molecule has 6 nitrogen and oxygen atoms in total. The third-order valence-corrected chi connectivity index (χ3v) is 3.42. The molecule has 0 atom stereocenters. The number of sulfone groups is 1. The van der Waals surface area contributed by atoms with E-state index in [1.807, 2.05) is 0 Å². The van der Waals surface area contributed by atoms with Crippen molar-refractivity contribution in [3.05, 3.63) is 12.2 Å². The summed E-state index contributed by atoms with van der Waals surface area (Å²) in [6, 6.07) is 0. The molecule has 0 spiro atoms. The van der Waals surface area contributed by atoms with Crippen LogP contribution in [0.25, 0.3) is 0 Å². The number of rotatable bonds is 5. The highest BCUT2D eigenvalue weighted by Gasteiger charge is 2.14. The Morgan fingerprint density at radius 1 is 1.57 bits per heavy atom. The van der Waals surface area contributed by atoms with Gasteiger partial charge in [-0.15, -0.1) is 0 Å². The smallest absolute Gasteiger partial charge is 0.157 e. The second kappa shape index (κ2) is 4.52. The van der Waals surface area contributed by atoms with E-state index >= 15 is 0 Å². The molecule has 0 aliphatic heterocycles. The minimum atomic E-state index is -3.09. The van der Waals surface area contributed by atoms with E-state index in [-0.39, 0.29) is 11.5 Å². The van der Waals surface area contributed by atoms with E-state index in [1.54, 1.807) is 7.05 Å². The van der Waals surface area contributed by atoms with E-state index in [0.29, 0.717) is 18.8 Å². The molecule has 1 aromatic rings. The fourth-order valence-electron chi connectivity index (χ4n) is 1.02. The van der Waals surface area contributed by atoms with Crippen molar-refractivity contribution < 1.29 is 8.42 Å². The molecule has 0 bridgehead atoms. The van der Waals surface area contributed by atoms with Gasteiger partial charge < -0.3 is 5.73 Å². The molecule has 0 aliphatic rings. The van der Waals surface area contributed by atoms with Crippen LogP contribution in [0.2, 0.25) is 0 Å². The fraction of sp³-hybridized carbons (Fsp3) is 0.714. The van der Waals surface area contributed by atoms with Crippen molar-refractivity contribution in [2.75, 3.05) is 12.3 Å². The first kappa shape index (κ1) is 11.1. The largest absolute Gasteiger partial charge is 0.330 e. The maximum Gasteiger partial charge on any atom is 0.157 e. The lowest BCUT2D eigenvalue weighted by atomic mass is 10.5. The molecular formula is C7H14N4O2S. The predicted octanol–water partition coefficient (Wildman–Crippen LogP) is -0.921. The predicted molar refractivity (Wildman–Crippen MR) is 52.2 cm³/mol. The molecule has 7 heteroatoms. The molecule has 0 fully saturated rings. The Hall–Kier alpha value is -0.950. The highest BCUT2D eigenvalue weighted by molar-refractivity contribution is 7.90. The summed E-state index contributed by atoms with van der Waals surface area (Å²) in [7, 11) is -1.43. The molecule has 14 heavy (non-hydrogen) atoms. The Balaban J connectivity index is 2.64. The van der Waals surface area contributed by atoms with Gasteiger partial charge in [0.1, 0.15) is 17.9 Å². The quantitative estimate of drug-likeness (QED) is 0.690. The molecule has 1 rings (SSSR count). The zero-order chi connectivity index (χ0) is 10.6. The van der Waals surface area contributed by atoms with Crippen molar-refractivity contribution >= 4 is 9.84 Å². The summed E-state index contributed by atoms with van der Waals surface area (Å²) in [5, 5.41) is 3.80. The van der Waals surface area contributed by atoms with Gasteiger partial charge in [-0.05, 0) is 13.0 Å². The summed E-state index contributed by atoms with van der Waals surface area (Å²) >= 11 is 0. The van der Waals surface area contributed by atoms with E-state index in [0.717, 1.165) is 0 Å². The summed E-state index contributed by atoms with van der Waals surface area (Å²) in [6.45, 7) is 0.387. The molecule has 0 radical (unpaired) electrons. The molecule has 0 unspecified atom stereocenters. The highest BCUT2D eigenvalue weighted by Crippen LogP contribution is 2.02. The Kier molecular flexibility index (Phi) is 3.59. The summed E-state index contributed by atoms with van der Waals surface area (Å²) in [6.07, 6.45) is 1.83. The van der Waals surface area contributed by atoms with E-state index in [9.17, 15) is 8.42 Å². The van der Waals surface area contributed by atoms with E-state index in [2.05, 4.69) is 10.1 Å². The Morgan fingerprint density at radius 3 is 2.79 bits per heavy atom. The lowest BCUT2D eigenvalue weighted by Gasteiger charge is -2.02. The van der Waals surface area contributed by atoms with Gasteiger partial charge in [-0.3, -0.25) is 4.68 Å². The SMILES string of the molecule is Cn1ncnc1CS(=O)(=O)CCCN.